The summed E-state index contributed by atoms with van der Waals surface area (Å²) < 4.78 is 0. The first-order chi connectivity index (χ1) is 19.5. The van der Waals surface area contributed by atoms with Gasteiger partial charge in [-0.3, -0.25) is 33.9 Å². The third kappa shape index (κ3) is 11.4. The molecular formula is C28H41N7O6. The maximum absolute atomic E-state index is 13.2. The van der Waals surface area contributed by atoms with Crippen LogP contribution in [0.5, 0.6) is 0 Å². The molecule has 224 valence electrons. The molecular weight excluding hydrogens is 530 g/mol. The van der Waals surface area contributed by atoms with Crippen LogP contribution in [0.2, 0.25) is 0 Å². The third-order valence-electron chi connectivity index (χ3n) is 6.43. The summed E-state index contributed by atoms with van der Waals surface area (Å²) >= 11 is 0. The van der Waals surface area contributed by atoms with Crippen LogP contribution >= 0.6 is 0 Å². The number of aliphatic hydroxyl groups is 1. The van der Waals surface area contributed by atoms with Crippen LogP contribution in [0.15, 0.2) is 41.4 Å². The number of carbonyl (C=O) groups is 5. The molecule has 0 fully saturated rings. The molecule has 8 N–H and O–H groups in total. The van der Waals surface area contributed by atoms with Gasteiger partial charge in [0.05, 0.1) is 6.61 Å². The second-order valence-corrected chi connectivity index (χ2v) is 10.1. The zero-order chi connectivity index (χ0) is 30.4. The van der Waals surface area contributed by atoms with Crippen LogP contribution in [0.1, 0.15) is 57.9 Å². The first-order valence-corrected chi connectivity index (χ1v) is 13.7. The van der Waals surface area contributed by atoms with E-state index >= 15 is 0 Å². The quantitative estimate of drug-likeness (QED) is 0.0660. The predicted octanol–water partition coefficient (Wildman–Crippen LogP) is 0.282. The van der Waals surface area contributed by atoms with Gasteiger partial charge in [0.1, 0.15) is 12.1 Å². The molecule has 13 nitrogen and oxygen atoms in total. The first kappa shape index (κ1) is 32.9. The van der Waals surface area contributed by atoms with Crippen LogP contribution in [0.3, 0.4) is 0 Å². The van der Waals surface area contributed by atoms with Gasteiger partial charge in [-0.15, -0.1) is 0 Å². The Labute approximate surface area is 239 Å². The van der Waals surface area contributed by atoms with Gasteiger partial charge >= 0.3 is 0 Å². The standard InChI is InChI=1S/C28H41N7O6/c1-18(2)25(34-22(37)8-4-3-5-16-35-23(38)13-14-24(35)39)27(41)33-21(7-6-15-31-28(29)30)26(40)32-20-11-9-19(17-36)10-12-20/h9-14,18,21,25,36H,3-8,15-17H2,1-2H3,(H,32,40)(H,33,41)(H,34,37)(H4,29,30,31)/t21-,25-/m0/s1. The smallest absolute Gasteiger partial charge is 0.253 e. The lowest BCUT2D eigenvalue weighted by molar-refractivity contribution is -0.137. The zero-order valence-electron chi connectivity index (χ0n) is 23.6. The predicted molar refractivity (Wildman–Crippen MR) is 154 cm³/mol. The first-order valence-electron chi connectivity index (χ1n) is 13.7. The monoisotopic (exact) mass is 571 g/mol. The number of rotatable bonds is 17. The molecule has 1 heterocycles. The van der Waals surface area contributed by atoms with E-state index in [0.717, 1.165) is 4.90 Å². The number of nitrogens with two attached hydrogens (primary N) is 2. The van der Waals surface area contributed by atoms with Crippen molar-refractivity contribution in [1.82, 2.24) is 15.5 Å². The summed E-state index contributed by atoms with van der Waals surface area (Å²) in [5.41, 5.74) is 11.9. The number of nitrogens with one attached hydrogen (secondary N) is 3. The van der Waals surface area contributed by atoms with Crippen LogP contribution < -0.4 is 27.4 Å². The second kappa shape index (κ2) is 16.8. The molecule has 0 bridgehead atoms. The fraction of sp³-hybridized carbons (Fsp3) is 0.500. The molecule has 2 rings (SSSR count). The normalized spacial score (nSPS) is 14.1. The maximum atomic E-state index is 13.2. The highest BCUT2D eigenvalue weighted by atomic mass is 16.3. The highest BCUT2D eigenvalue weighted by molar-refractivity contribution is 6.12. The molecule has 13 heteroatoms. The molecule has 5 amide bonds. The third-order valence-corrected chi connectivity index (χ3v) is 6.43. The number of aliphatic imine (C=N–C) groups is 1. The van der Waals surface area contributed by atoms with E-state index in [1.807, 2.05) is 0 Å². The molecule has 1 aromatic rings. The summed E-state index contributed by atoms with van der Waals surface area (Å²) in [5.74, 6) is -2.25. The molecule has 0 radical (unpaired) electrons. The van der Waals surface area contributed by atoms with Crippen LogP contribution in [0, 0.1) is 5.92 Å². The molecule has 2 atom stereocenters. The molecule has 1 aromatic carbocycles. The van der Waals surface area contributed by atoms with E-state index < -0.39 is 23.9 Å². The lowest BCUT2D eigenvalue weighted by Gasteiger charge is -2.25. The molecule has 0 saturated carbocycles. The molecule has 41 heavy (non-hydrogen) atoms. The number of benzene rings is 1. The Kier molecular flexibility index (Phi) is 13.5. The molecule has 1 aliphatic heterocycles. The topological polar surface area (TPSA) is 209 Å². The number of hydrogen-bond donors (Lipinski definition) is 6. The lowest BCUT2D eigenvalue weighted by atomic mass is 10.0. The van der Waals surface area contributed by atoms with Gasteiger partial charge in [0, 0.05) is 37.3 Å². The number of anilines is 1. The van der Waals surface area contributed by atoms with Crippen molar-refractivity contribution in [2.24, 2.45) is 22.4 Å². The fourth-order valence-corrected chi connectivity index (χ4v) is 4.12. The van der Waals surface area contributed by atoms with Gasteiger partial charge in [0.2, 0.25) is 17.7 Å². The zero-order valence-corrected chi connectivity index (χ0v) is 23.6. The molecule has 0 saturated heterocycles. The van der Waals surface area contributed by atoms with E-state index in [4.69, 9.17) is 11.5 Å². The molecule has 0 unspecified atom stereocenters. The highest BCUT2D eigenvalue weighted by Gasteiger charge is 2.29. The summed E-state index contributed by atoms with van der Waals surface area (Å²) in [5, 5.41) is 17.5. The Morgan fingerprint density at radius 2 is 1.59 bits per heavy atom. The minimum absolute atomic E-state index is 0.0726. The molecule has 0 aromatic heterocycles. The van der Waals surface area contributed by atoms with Crippen molar-refractivity contribution in [1.29, 1.82) is 0 Å². The lowest BCUT2D eigenvalue weighted by Crippen LogP contribution is -2.54. The van der Waals surface area contributed by atoms with E-state index in [1.54, 1.807) is 38.1 Å². The van der Waals surface area contributed by atoms with Crippen molar-refractivity contribution in [3.8, 4) is 0 Å². The van der Waals surface area contributed by atoms with Crippen LogP contribution in [-0.2, 0) is 30.6 Å². The number of unbranched alkanes of at least 4 members (excludes halogenated alkanes) is 2. The van der Waals surface area contributed by atoms with E-state index in [9.17, 15) is 29.1 Å². The summed E-state index contributed by atoms with van der Waals surface area (Å²) in [6.07, 6.45) is 5.03. The average molecular weight is 572 g/mol. The van der Waals surface area contributed by atoms with Gasteiger partial charge < -0.3 is 32.5 Å². The summed E-state index contributed by atoms with van der Waals surface area (Å²) in [6.45, 7) is 4.02. The van der Waals surface area contributed by atoms with Crippen LogP contribution in [0.4, 0.5) is 5.69 Å². The Hall–Kier alpha value is -4.26. The van der Waals surface area contributed by atoms with Crippen molar-refractivity contribution in [3.63, 3.8) is 0 Å². The molecule has 0 spiro atoms. The summed E-state index contributed by atoms with van der Waals surface area (Å²) in [4.78, 5) is 67.2. The highest BCUT2D eigenvalue weighted by Crippen LogP contribution is 2.13. The number of nitrogens with zero attached hydrogens (tertiary/aromatic N) is 2. The molecule has 1 aliphatic rings. The fourth-order valence-electron chi connectivity index (χ4n) is 4.12. The average Bonchev–Trinajstić information content (AvgIpc) is 3.25. The van der Waals surface area contributed by atoms with Crippen molar-refractivity contribution in [2.75, 3.05) is 18.4 Å². The van der Waals surface area contributed by atoms with Crippen molar-refractivity contribution in [3.05, 3.63) is 42.0 Å². The SMILES string of the molecule is CC(C)[C@H](NC(=O)CCCCCN1C(=O)C=CC1=O)C(=O)N[C@@H](CCCN=C(N)N)C(=O)Nc1ccc(CO)cc1. The summed E-state index contributed by atoms with van der Waals surface area (Å²) in [6, 6.07) is 4.86. The van der Waals surface area contributed by atoms with Crippen molar-refractivity contribution < 1.29 is 29.1 Å². The maximum Gasteiger partial charge on any atom is 0.253 e. The largest absolute Gasteiger partial charge is 0.392 e. The second-order valence-electron chi connectivity index (χ2n) is 10.1. The van der Waals surface area contributed by atoms with E-state index in [0.29, 0.717) is 43.5 Å². The van der Waals surface area contributed by atoms with Gasteiger partial charge in [-0.05, 0) is 49.3 Å². The number of amides is 5. The Morgan fingerprint density at radius 3 is 2.17 bits per heavy atom. The number of aliphatic hydroxyl groups excluding tert-OH is 1. The molecule has 0 aliphatic carbocycles. The summed E-state index contributed by atoms with van der Waals surface area (Å²) in [7, 11) is 0. The van der Waals surface area contributed by atoms with E-state index in [1.165, 1.54) is 12.2 Å². The number of guanidine groups is 1. The minimum Gasteiger partial charge on any atom is -0.392 e. The number of imide groups is 1. The van der Waals surface area contributed by atoms with Crippen LogP contribution in [0.25, 0.3) is 0 Å². The van der Waals surface area contributed by atoms with Gasteiger partial charge in [-0.25, -0.2) is 0 Å². The van der Waals surface area contributed by atoms with Crippen molar-refractivity contribution >= 4 is 41.2 Å². The number of carbonyl (C=O) groups excluding carboxylic acids is 5. The van der Waals surface area contributed by atoms with Gasteiger partial charge in [-0.1, -0.05) is 32.4 Å². The minimum atomic E-state index is -0.919. The van der Waals surface area contributed by atoms with Gasteiger partial charge in [-0.2, -0.15) is 0 Å². The number of hydrogen-bond acceptors (Lipinski definition) is 7. The Balaban J connectivity index is 1.93. The van der Waals surface area contributed by atoms with Gasteiger partial charge in [0.25, 0.3) is 11.8 Å². The van der Waals surface area contributed by atoms with Gasteiger partial charge in [0.15, 0.2) is 5.96 Å². The van der Waals surface area contributed by atoms with E-state index in [-0.39, 0.29) is 55.6 Å². The van der Waals surface area contributed by atoms with E-state index in [2.05, 4.69) is 20.9 Å². The van der Waals surface area contributed by atoms with Crippen molar-refractivity contribution in [2.45, 2.75) is 71.1 Å². The Bertz CT molecular complexity index is 1110. The Morgan fingerprint density at radius 1 is 0.927 bits per heavy atom. The van der Waals surface area contributed by atoms with Crippen LogP contribution in [-0.4, -0.2) is 70.7 Å².